The lowest BCUT2D eigenvalue weighted by Gasteiger charge is -2.12. The van der Waals surface area contributed by atoms with Crippen LogP contribution in [0, 0.1) is 0 Å². The lowest BCUT2D eigenvalue weighted by molar-refractivity contribution is -0.120. The first-order valence-corrected chi connectivity index (χ1v) is 9.15. The van der Waals surface area contributed by atoms with Gasteiger partial charge in [0.05, 0.1) is 40.7 Å². The number of amides is 2. The number of ether oxygens (including phenoxy) is 4. The zero-order valence-corrected chi connectivity index (χ0v) is 17.4. The van der Waals surface area contributed by atoms with Gasteiger partial charge in [-0.1, -0.05) is 0 Å². The second kappa shape index (κ2) is 11.3. The minimum Gasteiger partial charge on any atom is -0.494 e. The highest BCUT2D eigenvalue weighted by Gasteiger charge is 2.12. The Bertz CT molecular complexity index is 871. The van der Waals surface area contributed by atoms with E-state index in [1.807, 2.05) is 6.92 Å². The average Bonchev–Trinajstić information content (AvgIpc) is 2.77. The van der Waals surface area contributed by atoms with Gasteiger partial charge >= 0.3 is 0 Å². The molecule has 9 nitrogen and oxygen atoms in total. The molecule has 9 heteroatoms. The third-order valence-corrected chi connectivity index (χ3v) is 3.93. The highest BCUT2D eigenvalue weighted by atomic mass is 16.5. The van der Waals surface area contributed by atoms with E-state index in [0.717, 1.165) is 0 Å². The van der Waals surface area contributed by atoms with E-state index >= 15 is 0 Å². The maximum atomic E-state index is 12.1. The lowest BCUT2D eigenvalue weighted by atomic mass is 10.2. The van der Waals surface area contributed by atoms with Crippen molar-refractivity contribution in [1.29, 1.82) is 0 Å². The molecule has 0 aromatic heterocycles. The fourth-order valence-electron chi connectivity index (χ4n) is 2.53. The summed E-state index contributed by atoms with van der Waals surface area (Å²) in [4.78, 5) is 24.0. The van der Waals surface area contributed by atoms with Crippen molar-refractivity contribution in [3.05, 3.63) is 47.5 Å². The molecule has 0 saturated carbocycles. The maximum Gasteiger partial charge on any atom is 0.259 e. The van der Waals surface area contributed by atoms with Crippen molar-refractivity contribution in [1.82, 2.24) is 10.7 Å². The number of nitrogens with one attached hydrogen (secondary N) is 2. The number of benzene rings is 2. The van der Waals surface area contributed by atoms with E-state index in [0.29, 0.717) is 40.7 Å². The standard InChI is InChI=1S/C21H25N3O6/c1-5-30-16-8-6-15(7-9-16)21(26)22-13-19(25)24-23-12-14-10-17(27-2)20(29-4)18(11-14)28-3/h6-12H,5,13H2,1-4H3,(H,22,26)(H,24,25)/b23-12-. The predicted octanol–water partition coefficient (Wildman–Crippen LogP) is 1.99. The molecule has 0 aliphatic rings. The molecule has 160 valence electrons. The Kier molecular flexibility index (Phi) is 8.49. The van der Waals surface area contributed by atoms with Crippen LogP contribution in [0.1, 0.15) is 22.8 Å². The third-order valence-electron chi connectivity index (χ3n) is 3.93. The molecule has 0 atom stereocenters. The van der Waals surface area contributed by atoms with Crippen LogP contribution in [0.3, 0.4) is 0 Å². The molecule has 2 aromatic carbocycles. The molecule has 0 unspecified atom stereocenters. The van der Waals surface area contributed by atoms with Crippen molar-refractivity contribution in [2.75, 3.05) is 34.5 Å². The summed E-state index contributed by atoms with van der Waals surface area (Å²) in [7, 11) is 4.52. The van der Waals surface area contributed by atoms with Crippen molar-refractivity contribution in [3.8, 4) is 23.0 Å². The summed E-state index contributed by atoms with van der Waals surface area (Å²) in [5.41, 5.74) is 3.40. The van der Waals surface area contributed by atoms with Crippen molar-refractivity contribution in [2.24, 2.45) is 5.10 Å². The Labute approximate surface area is 175 Å². The molecule has 0 fully saturated rings. The summed E-state index contributed by atoms with van der Waals surface area (Å²) < 4.78 is 21.1. The number of carbonyl (C=O) groups excluding carboxylic acids is 2. The SMILES string of the molecule is CCOc1ccc(C(=O)NCC(=O)N/N=C\c2cc(OC)c(OC)c(OC)c2)cc1. The number of hydrazone groups is 1. The van der Waals surface area contributed by atoms with Gasteiger partial charge in [0.1, 0.15) is 5.75 Å². The van der Waals surface area contributed by atoms with E-state index in [-0.39, 0.29) is 12.5 Å². The second-order valence-corrected chi connectivity index (χ2v) is 5.89. The van der Waals surface area contributed by atoms with E-state index < -0.39 is 5.91 Å². The smallest absolute Gasteiger partial charge is 0.259 e. The molecule has 2 aromatic rings. The van der Waals surface area contributed by atoms with Crippen LogP contribution in [-0.2, 0) is 4.79 Å². The average molecular weight is 415 g/mol. The maximum absolute atomic E-state index is 12.1. The van der Waals surface area contributed by atoms with Gasteiger partial charge in [-0.25, -0.2) is 5.43 Å². The van der Waals surface area contributed by atoms with Gasteiger partial charge in [0.15, 0.2) is 11.5 Å². The van der Waals surface area contributed by atoms with Crippen molar-refractivity contribution in [2.45, 2.75) is 6.92 Å². The third kappa shape index (κ3) is 6.13. The van der Waals surface area contributed by atoms with Crippen LogP contribution >= 0.6 is 0 Å². The van der Waals surface area contributed by atoms with Gasteiger partial charge in [-0.15, -0.1) is 0 Å². The summed E-state index contributed by atoms with van der Waals surface area (Å²) in [6.07, 6.45) is 1.43. The number of methoxy groups -OCH3 is 3. The molecule has 0 saturated heterocycles. The zero-order valence-electron chi connectivity index (χ0n) is 17.4. The summed E-state index contributed by atoms with van der Waals surface area (Å²) in [6.45, 7) is 2.20. The van der Waals surface area contributed by atoms with Crippen LogP contribution in [-0.4, -0.2) is 52.5 Å². The molecule has 30 heavy (non-hydrogen) atoms. The fourth-order valence-corrected chi connectivity index (χ4v) is 2.53. The van der Waals surface area contributed by atoms with Gasteiger partial charge in [-0.3, -0.25) is 9.59 Å². The van der Waals surface area contributed by atoms with Gasteiger partial charge < -0.3 is 24.3 Å². The van der Waals surface area contributed by atoms with Gasteiger partial charge in [0.25, 0.3) is 11.8 Å². The van der Waals surface area contributed by atoms with Gasteiger partial charge in [-0.2, -0.15) is 5.10 Å². The second-order valence-electron chi connectivity index (χ2n) is 5.89. The molecule has 0 aliphatic carbocycles. The van der Waals surface area contributed by atoms with Crippen LogP contribution < -0.4 is 29.7 Å². The van der Waals surface area contributed by atoms with E-state index in [2.05, 4.69) is 15.8 Å². The molecule has 2 N–H and O–H groups in total. The Morgan fingerprint density at radius 3 is 2.17 bits per heavy atom. The number of hydrogen-bond acceptors (Lipinski definition) is 7. The molecule has 0 bridgehead atoms. The number of rotatable bonds is 10. The zero-order chi connectivity index (χ0) is 21.9. The van der Waals surface area contributed by atoms with Crippen LogP contribution in [0.15, 0.2) is 41.5 Å². The summed E-state index contributed by atoms with van der Waals surface area (Å²) in [5, 5.41) is 6.41. The molecule has 0 aliphatic heterocycles. The van der Waals surface area contributed by atoms with Gasteiger partial charge in [-0.05, 0) is 43.3 Å². The molecule has 0 radical (unpaired) electrons. The predicted molar refractivity (Wildman–Crippen MR) is 112 cm³/mol. The Morgan fingerprint density at radius 1 is 1.00 bits per heavy atom. The number of carbonyl (C=O) groups is 2. The van der Waals surface area contributed by atoms with Crippen molar-refractivity contribution in [3.63, 3.8) is 0 Å². The molecule has 2 amide bonds. The quantitative estimate of drug-likeness (QED) is 0.454. The van der Waals surface area contributed by atoms with Crippen LogP contribution in [0.2, 0.25) is 0 Å². The summed E-state index contributed by atoms with van der Waals surface area (Å²) in [5.74, 6) is 1.21. The Balaban J connectivity index is 1.89. The Morgan fingerprint density at radius 2 is 1.63 bits per heavy atom. The van der Waals surface area contributed by atoms with E-state index in [1.54, 1.807) is 36.4 Å². The van der Waals surface area contributed by atoms with Crippen molar-refractivity contribution >= 4 is 18.0 Å². The first-order chi connectivity index (χ1) is 14.5. The fraction of sp³-hybridized carbons (Fsp3) is 0.286. The van der Waals surface area contributed by atoms with Crippen LogP contribution in [0.25, 0.3) is 0 Å². The molecule has 0 spiro atoms. The highest BCUT2D eigenvalue weighted by Crippen LogP contribution is 2.37. The topological polar surface area (TPSA) is 107 Å². The lowest BCUT2D eigenvalue weighted by Crippen LogP contribution is -2.34. The van der Waals surface area contributed by atoms with Gasteiger partial charge in [0.2, 0.25) is 5.75 Å². The van der Waals surface area contributed by atoms with Crippen LogP contribution in [0.5, 0.6) is 23.0 Å². The largest absolute Gasteiger partial charge is 0.494 e. The Hall–Kier alpha value is -3.75. The van der Waals surface area contributed by atoms with E-state index in [4.69, 9.17) is 18.9 Å². The monoisotopic (exact) mass is 415 g/mol. The normalized spacial score (nSPS) is 10.4. The highest BCUT2D eigenvalue weighted by molar-refractivity contribution is 5.96. The molecule has 2 rings (SSSR count). The van der Waals surface area contributed by atoms with Crippen LogP contribution in [0.4, 0.5) is 0 Å². The number of nitrogens with zero attached hydrogens (tertiary/aromatic N) is 1. The van der Waals surface area contributed by atoms with E-state index in [9.17, 15) is 9.59 Å². The summed E-state index contributed by atoms with van der Waals surface area (Å²) in [6, 6.07) is 10.0. The summed E-state index contributed by atoms with van der Waals surface area (Å²) >= 11 is 0. The first-order valence-electron chi connectivity index (χ1n) is 9.15. The minimum absolute atomic E-state index is 0.224. The number of hydrogen-bond donors (Lipinski definition) is 2. The van der Waals surface area contributed by atoms with E-state index in [1.165, 1.54) is 27.5 Å². The van der Waals surface area contributed by atoms with Crippen molar-refractivity contribution < 1.29 is 28.5 Å². The molecule has 0 heterocycles. The minimum atomic E-state index is -0.474. The first kappa shape index (κ1) is 22.5. The molecular weight excluding hydrogens is 390 g/mol. The van der Waals surface area contributed by atoms with Gasteiger partial charge in [0, 0.05) is 11.1 Å². The molecular formula is C21H25N3O6.